The van der Waals surface area contributed by atoms with E-state index in [-0.39, 0.29) is 9.92 Å². The number of rotatable bonds is 5. The summed E-state index contributed by atoms with van der Waals surface area (Å²) in [4.78, 5) is 12.7. The highest BCUT2D eigenvalue weighted by Gasteiger charge is 2.23. The first kappa shape index (κ1) is 14.4. The van der Waals surface area contributed by atoms with Crippen LogP contribution in [0.5, 0.6) is 0 Å². The van der Waals surface area contributed by atoms with Crippen molar-refractivity contribution in [3.8, 4) is 0 Å². The third-order valence-electron chi connectivity index (χ3n) is 3.98. The Balaban J connectivity index is 1.86. The summed E-state index contributed by atoms with van der Waals surface area (Å²) in [7, 11) is 4.15. The Labute approximate surface area is 117 Å². The molecule has 0 unspecified atom stereocenters. The highest BCUT2D eigenvalue weighted by atomic mass is 32.1. The molecule has 1 fully saturated rings. The Morgan fingerprint density at radius 1 is 1.47 bits per heavy atom. The van der Waals surface area contributed by atoms with Gasteiger partial charge in [-0.2, -0.15) is 0 Å². The summed E-state index contributed by atoms with van der Waals surface area (Å²) in [5.74, 6) is 0. The van der Waals surface area contributed by atoms with Gasteiger partial charge in [0.15, 0.2) is 0 Å². The molecule has 0 amide bonds. The van der Waals surface area contributed by atoms with Crippen LogP contribution in [0.1, 0.15) is 31.2 Å². The topological polar surface area (TPSA) is 58.4 Å². The molecule has 0 saturated heterocycles. The molecule has 19 heavy (non-hydrogen) atoms. The molecule has 1 N–H and O–H groups in total. The van der Waals surface area contributed by atoms with E-state index >= 15 is 0 Å². The summed E-state index contributed by atoms with van der Waals surface area (Å²) < 4.78 is 0. The molecule has 1 heterocycles. The molecule has 1 aliphatic rings. The number of hydrogen-bond acceptors (Lipinski definition) is 5. The Morgan fingerprint density at radius 2 is 2.16 bits per heavy atom. The second-order valence-electron chi connectivity index (χ2n) is 5.26. The van der Waals surface area contributed by atoms with Crippen LogP contribution in [0.2, 0.25) is 0 Å². The molecule has 1 aliphatic carbocycles. The number of nitro groups is 1. The quantitative estimate of drug-likeness (QED) is 0.666. The lowest BCUT2D eigenvalue weighted by atomic mass is 9.90. The van der Waals surface area contributed by atoms with Crippen LogP contribution < -0.4 is 5.32 Å². The van der Waals surface area contributed by atoms with E-state index in [1.54, 1.807) is 6.07 Å². The van der Waals surface area contributed by atoms with Gasteiger partial charge < -0.3 is 5.32 Å². The molecule has 5 nitrogen and oxygen atoms in total. The Bertz CT molecular complexity index is 427. The molecule has 2 rings (SSSR count). The fraction of sp³-hybridized carbons (Fsp3) is 0.692. The summed E-state index contributed by atoms with van der Waals surface area (Å²) in [6, 6.07) is 2.95. The van der Waals surface area contributed by atoms with Gasteiger partial charge in [0.2, 0.25) is 0 Å². The number of nitrogens with zero attached hydrogens (tertiary/aromatic N) is 2. The first-order valence-electron chi connectivity index (χ1n) is 6.69. The summed E-state index contributed by atoms with van der Waals surface area (Å²) in [6.07, 6.45) is 4.84. The van der Waals surface area contributed by atoms with E-state index in [0.717, 1.165) is 12.1 Å². The first-order chi connectivity index (χ1) is 9.10. The van der Waals surface area contributed by atoms with Crippen molar-refractivity contribution in [3.05, 3.63) is 27.1 Å². The zero-order valence-corrected chi connectivity index (χ0v) is 12.3. The van der Waals surface area contributed by atoms with Crippen LogP contribution in [0.25, 0.3) is 0 Å². The second-order valence-corrected chi connectivity index (χ2v) is 6.15. The van der Waals surface area contributed by atoms with Gasteiger partial charge in [0, 0.05) is 30.1 Å². The second kappa shape index (κ2) is 6.45. The Kier molecular flexibility index (Phi) is 4.90. The molecule has 0 aliphatic heterocycles. The van der Waals surface area contributed by atoms with Crippen molar-refractivity contribution in [3.63, 3.8) is 0 Å². The van der Waals surface area contributed by atoms with Crippen LogP contribution in [0.4, 0.5) is 5.00 Å². The molecule has 0 atom stereocenters. The molecule has 0 spiro atoms. The average Bonchev–Trinajstić information content (AvgIpc) is 2.87. The molecular formula is C13H21N3O2S. The van der Waals surface area contributed by atoms with Crippen molar-refractivity contribution >= 4 is 16.3 Å². The van der Waals surface area contributed by atoms with Gasteiger partial charge in [-0.05, 0) is 45.3 Å². The maximum atomic E-state index is 10.7. The summed E-state index contributed by atoms with van der Waals surface area (Å²) in [5, 5.41) is 16.1. The number of thiophene rings is 1. The molecule has 0 radical (unpaired) electrons. The van der Waals surface area contributed by atoms with Gasteiger partial charge >= 0.3 is 5.00 Å². The Morgan fingerprint density at radius 3 is 2.68 bits per heavy atom. The lowest BCUT2D eigenvalue weighted by molar-refractivity contribution is -0.380. The maximum Gasteiger partial charge on any atom is 0.324 e. The van der Waals surface area contributed by atoms with Gasteiger partial charge in [-0.1, -0.05) is 11.3 Å². The summed E-state index contributed by atoms with van der Waals surface area (Å²) >= 11 is 1.21. The maximum absolute atomic E-state index is 10.7. The highest BCUT2D eigenvalue weighted by molar-refractivity contribution is 7.13. The van der Waals surface area contributed by atoms with Crippen LogP contribution in [0.15, 0.2) is 11.4 Å². The fourth-order valence-electron chi connectivity index (χ4n) is 2.76. The van der Waals surface area contributed by atoms with E-state index in [1.807, 2.05) is 12.4 Å². The van der Waals surface area contributed by atoms with Crippen LogP contribution in [-0.2, 0) is 6.54 Å². The molecule has 6 heteroatoms. The SMILES string of the molecule is CNC1CCC(N(C)Cc2csc([N+](=O)[O-])c2)CC1. The minimum atomic E-state index is -0.313. The summed E-state index contributed by atoms with van der Waals surface area (Å²) in [5.41, 5.74) is 1.05. The molecule has 106 valence electrons. The third kappa shape index (κ3) is 3.75. The third-order valence-corrected chi connectivity index (χ3v) is 4.91. The van der Waals surface area contributed by atoms with Gasteiger partial charge in [-0.25, -0.2) is 0 Å². The van der Waals surface area contributed by atoms with E-state index in [0.29, 0.717) is 12.1 Å². The minimum absolute atomic E-state index is 0.238. The van der Waals surface area contributed by atoms with Gasteiger partial charge in [0.1, 0.15) is 0 Å². The highest BCUT2D eigenvalue weighted by Crippen LogP contribution is 2.26. The standard InChI is InChI=1S/C13H21N3O2S/c1-14-11-3-5-12(6-4-11)15(2)8-10-7-13(16(17)18)19-9-10/h7,9,11-12,14H,3-6,8H2,1-2H3. The van der Waals surface area contributed by atoms with Crippen LogP contribution in [0, 0.1) is 10.1 Å². The molecule has 1 saturated carbocycles. The van der Waals surface area contributed by atoms with E-state index in [1.165, 1.54) is 37.0 Å². The van der Waals surface area contributed by atoms with E-state index < -0.39 is 0 Å². The van der Waals surface area contributed by atoms with Crippen molar-refractivity contribution in [2.75, 3.05) is 14.1 Å². The van der Waals surface area contributed by atoms with Crippen molar-refractivity contribution < 1.29 is 4.92 Å². The van der Waals surface area contributed by atoms with E-state index in [4.69, 9.17) is 0 Å². The largest absolute Gasteiger partial charge is 0.324 e. The van der Waals surface area contributed by atoms with Gasteiger partial charge in [0.25, 0.3) is 0 Å². The molecule has 1 aromatic heterocycles. The number of nitrogens with one attached hydrogen (secondary N) is 1. The number of hydrogen-bond donors (Lipinski definition) is 1. The van der Waals surface area contributed by atoms with Gasteiger partial charge in [-0.3, -0.25) is 15.0 Å². The lowest BCUT2D eigenvalue weighted by Gasteiger charge is -2.34. The zero-order chi connectivity index (χ0) is 13.8. The van der Waals surface area contributed by atoms with Crippen LogP contribution >= 0.6 is 11.3 Å². The average molecular weight is 283 g/mol. The Hall–Kier alpha value is -0.980. The van der Waals surface area contributed by atoms with Gasteiger partial charge in [0.05, 0.1) is 4.92 Å². The van der Waals surface area contributed by atoms with Crippen LogP contribution in [0.3, 0.4) is 0 Å². The predicted octanol–water partition coefficient (Wildman–Crippen LogP) is 2.62. The smallest absolute Gasteiger partial charge is 0.317 e. The molecule has 0 aromatic carbocycles. The van der Waals surface area contributed by atoms with E-state index in [2.05, 4.69) is 17.3 Å². The van der Waals surface area contributed by atoms with Crippen molar-refractivity contribution in [1.82, 2.24) is 10.2 Å². The predicted molar refractivity (Wildman–Crippen MR) is 77.5 cm³/mol. The monoisotopic (exact) mass is 283 g/mol. The zero-order valence-electron chi connectivity index (χ0n) is 11.5. The minimum Gasteiger partial charge on any atom is -0.317 e. The molecule has 1 aromatic rings. The molecular weight excluding hydrogens is 262 g/mol. The first-order valence-corrected chi connectivity index (χ1v) is 7.57. The lowest BCUT2D eigenvalue weighted by Crippen LogP contribution is -2.39. The molecule has 0 bridgehead atoms. The van der Waals surface area contributed by atoms with Crippen LogP contribution in [-0.4, -0.2) is 36.0 Å². The van der Waals surface area contributed by atoms with Crippen molar-refractivity contribution in [1.29, 1.82) is 0 Å². The van der Waals surface area contributed by atoms with Crippen molar-refractivity contribution in [2.45, 2.75) is 44.3 Å². The summed E-state index contributed by atoms with van der Waals surface area (Å²) in [6.45, 7) is 0.805. The normalized spacial score (nSPS) is 23.7. The fourth-order valence-corrected chi connectivity index (χ4v) is 3.48. The van der Waals surface area contributed by atoms with E-state index in [9.17, 15) is 10.1 Å². The van der Waals surface area contributed by atoms with Crippen molar-refractivity contribution in [2.24, 2.45) is 0 Å². The van der Waals surface area contributed by atoms with Gasteiger partial charge in [-0.15, -0.1) is 0 Å².